The van der Waals surface area contributed by atoms with Crippen LogP contribution in [0.4, 0.5) is 10.1 Å². The lowest BCUT2D eigenvalue weighted by atomic mass is 10.1. The van der Waals surface area contributed by atoms with Gasteiger partial charge in [-0.05, 0) is 48.2 Å². The van der Waals surface area contributed by atoms with Gasteiger partial charge in [0.15, 0.2) is 0 Å². The Morgan fingerprint density at radius 2 is 1.89 bits per heavy atom. The van der Waals surface area contributed by atoms with Gasteiger partial charge in [-0.1, -0.05) is 31.2 Å². The van der Waals surface area contributed by atoms with Gasteiger partial charge >= 0.3 is 0 Å². The number of rotatable bonds is 4. The van der Waals surface area contributed by atoms with E-state index in [1.54, 1.807) is 13.0 Å². The van der Waals surface area contributed by atoms with Gasteiger partial charge in [0.25, 0.3) is 0 Å². The minimum absolute atomic E-state index is 0.142. The van der Waals surface area contributed by atoms with E-state index < -0.39 is 0 Å². The Labute approximate surface area is 108 Å². The molecule has 0 fully saturated rings. The second-order valence-corrected chi connectivity index (χ2v) is 4.49. The zero-order chi connectivity index (χ0) is 13.0. The highest BCUT2D eigenvalue weighted by atomic mass is 19.1. The molecule has 0 atom stereocenters. The van der Waals surface area contributed by atoms with E-state index in [0.29, 0.717) is 12.1 Å². The lowest BCUT2D eigenvalue weighted by Crippen LogP contribution is -2.00. The molecule has 1 N–H and O–H groups in total. The van der Waals surface area contributed by atoms with Gasteiger partial charge in [-0.2, -0.15) is 0 Å². The van der Waals surface area contributed by atoms with Crippen molar-refractivity contribution in [3.63, 3.8) is 0 Å². The highest BCUT2D eigenvalue weighted by molar-refractivity contribution is 5.46. The van der Waals surface area contributed by atoms with Gasteiger partial charge in [0.1, 0.15) is 5.82 Å². The molecule has 2 aromatic rings. The van der Waals surface area contributed by atoms with Crippen molar-refractivity contribution in [3.05, 3.63) is 65.0 Å². The number of hydrogen-bond acceptors (Lipinski definition) is 1. The smallest absolute Gasteiger partial charge is 0.126 e. The molecule has 0 radical (unpaired) electrons. The number of nitrogens with one attached hydrogen (secondary N) is 1. The molecule has 2 heteroatoms. The lowest BCUT2D eigenvalue weighted by Gasteiger charge is -2.08. The van der Waals surface area contributed by atoms with E-state index in [9.17, 15) is 4.39 Å². The topological polar surface area (TPSA) is 12.0 Å². The highest BCUT2D eigenvalue weighted by Gasteiger charge is 2.00. The van der Waals surface area contributed by atoms with E-state index in [0.717, 1.165) is 17.7 Å². The maximum atomic E-state index is 13.4. The van der Waals surface area contributed by atoms with Gasteiger partial charge < -0.3 is 5.32 Å². The summed E-state index contributed by atoms with van der Waals surface area (Å²) in [4.78, 5) is 0. The van der Waals surface area contributed by atoms with Crippen LogP contribution in [0, 0.1) is 12.7 Å². The van der Waals surface area contributed by atoms with Crippen molar-refractivity contribution in [1.82, 2.24) is 0 Å². The SMILES string of the molecule is CCc1cccc(NCc2ccc(C)c(F)c2)c1. The van der Waals surface area contributed by atoms with Crippen LogP contribution in [-0.2, 0) is 13.0 Å². The first kappa shape index (κ1) is 12.6. The summed E-state index contributed by atoms with van der Waals surface area (Å²) in [6, 6.07) is 13.7. The zero-order valence-corrected chi connectivity index (χ0v) is 10.8. The molecule has 0 aromatic heterocycles. The minimum Gasteiger partial charge on any atom is -0.381 e. The van der Waals surface area contributed by atoms with Crippen molar-refractivity contribution < 1.29 is 4.39 Å². The molecule has 0 aliphatic heterocycles. The first-order chi connectivity index (χ1) is 8.69. The fraction of sp³-hybridized carbons (Fsp3) is 0.250. The monoisotopic (exact) mass is 243 g/mol. The molecular weight excluding hydrogens is 225 g/mol. The summed E-state index contributed by atoms with van der Waals surface area (Å²) in [7, 11) is 0. The summed E-state index contributed by atoms with van der Waals surface area (Å²) >= 11 is 0. The van der Waals surface area contributed by atoms with Crippen LogP contribution < -0.4 is 5.32 Å². The van der Waals surface area contributed by atoms with Crippen LogP contribution in [-0.4, -0.2) is 0 Å². The Hall–Kier alpha value is -1.83. The molecule has 0 heterocycles. The van der Waals surface area contributed by atoms with Gasteiger partial charge in [0.05, 0.1) is 0 Å². The predicted octanol–water partition coefficient (Wildman–Crippen LogP) is 4.31. The quantitative estimate of drug-likeness (QED) is 0.843. The summed E-state index contributed by atoms with van der Waals surface area (Å²) < 4.78 is 13.4. The summed E-state index contributed by atoms with van der Waals surface area (Å²) in [5.41, 5.74) is 4.03. The van der Waals surface area contributed by atoms with E-state index in [-0.39, 0.29) is 5.82 Å². The molecule has 0 spiro atoms. The first-order valence-electron chi connectivity index (χ1n) is 6.27. The number of aryl methyl sites for hydroxylation is 2. The lowest BCUT2D eigenvalue weighted by molar-refractivity contribution is 0.616. The second-order valence-electron chi connectivity index (χ2n) is 4.49. The molecule has 2 aromatic carbocycles. The molecule has 0 saturated heterocycles. The van der Waals surface area contributed by atoms with Crippen LogP contribution in [0.2, 0.25) is 0 Å². The van der Waals surface area contributed by atoms with E-state index >= 15 is 0 Å². The average molecular weight is 243 g/mol. The van der Waals surface area contributed by atoms with Crippen LogP contribution in [0.15, 0.2) is 42.5 Å². The molecule has 0 aliphatic rings. The molecule has 0 saturated carbocycles. The van der Waals surface area contributed by atoms with Crippen LogP contribution >= 0.6 is 0 Å². The number of benzene rings is 2. The summed E-state index contributed by atoms with van der Waals surface area (Å²) in [5.74, 6) is -0.142. The van der Waals surface area contributed by atoms with Crippen molar-refractivity contribution >= 4 is 5.69 Å². The standard InChI is InChI=1S/C16H18FN/c1-3-13-5-4-6-15(9-13)18-11-14-8-7-12(2)16(17)10-14/h4-10,18H,3,11H2,1-2H3. The summed E-state index contributed by atoms with van der Waals surface area (Å²) in [6.45, 7) is 4.55. The maximum absolute atomic E-state index is 13.4. The largest absolute Gasteiger partial charge is 0.381 e. The van der Waals surface area contributed by atoms with Crippen LogP contribution in [0.3, 0.4) is 0 Å². The minimum atomic E-state index is -0.142. The fourth-order valence-corrected chi connectivity index (χ4v) is 1.85. The molecule has 1 nitrogen and oxygen atoms in total. The fourth-order valence-electron chi connectivity index (χ4n) is 1.85. The van der Waals surface area contributed by atoms with Crippen molar-refractivity contribution in [1.29, 1.82) is 0 Å². The Bertz CT molecular complexity index is 534. The van der Waals surface area contributed by atoms with E-state index in [4.69, 9.17) is 0 Å². The maximum Gasteiger partial charge on any atom is 0.126 e. The third kappa shape index (κ3) is 3.10. The zero-order valence-electron chi connectivity index (χ0n) is 10.8. The van der Waals surface area contributed by atoms with Crippen molar-refractivity contribution in [2.24, 2.45) is 0 Å². The summed E-state index contributed by atoms with van der Waals surface area (Å²) in [5, 5.41) is 3.32. The van der Waals surface area contributed by atoms with Crippen molar-refractivity contribution in [2.45, 2.75) is 26.8 Å². The third-order valence-corrected chi connectivity index (χ3v) is 3.07. The van der Waals surface area contributed by atoms with Crippen LogP contribution in [0.25, 0.3) is 0 Å². The van der Waals surface area contributed by atoms with Gasteiger partial charge in [0, 0.05) is 12.2 Å². The Morgan fingerprint density at radius 1 is 1.06 bits per heavy atom. The van der Waals surface area contributed by atoms with Gasteiger partial charge in [-0.25, -0.2) is 4.39 Å². The molecule has 2 rings (SSSR count). The highest BCUT2D eigenvalue weighted by Crippen LogP contribution is 2.14. The van der Waals surface area contributed by atoms with Gasteiger partial charge in [-0.15, -0.1) is 0 Å². The van der Waals surface area contributed by atoms with E-state index in [1.807, 2.05) is 24.3 Å². The Morgan fingerprint density at radius 3 is 2.61 bits per heavy atom. The number of halogens is 1. The van der Waals surface area contributed by atoms with E-state index in [1.165, 1.54) is 5.56 Å². The summed E-state index contributed by atoms with van der Waals surface area (Å²) in [6.07, 6.45) is 1.02. The Kier molecular flexibility index (Phi) is 3.98. The third-order valence-electron chi connectivity index (χ3n) is 3.07. The molecular formula is C16H18FN. The molecule has 18 heavy (non-hydrogen) atoms. The Balaban J connectivity index is 2.04. The van der Waals surface area contributed by atoms with Gasteiger partial charge in [0.2, 0.25) is 0 Å². The predicted molar refractivity (Wildman–Crippen MR) is 74.3 cm³/mol. The average Bonchev–Trinajstić information content (AvgIpc) is 2.40. The normalized spacial score (nSPS) is 10.4. The van der Waals surface area contributed by atoms with Crippen molar-refractivity contribution in [2.75, 3.05) is 5.32 Å². The number of anilines is 1. The van der Waals surface area contributed by atoms with Gasteiger partial charge in [-0.3, -0.25) is 0 Å². The van der Waals surface area contributed by atoms with Crippen LogP contribution in [0.5, 0.6) is 0 Å². The first-order valence-corrected chi connectivity index (χ1v) is 6.27. The van der Waals surface area contributed by atoms with Crippen molar-refractivity contribution in [3.8, 4) is 0 Å². The van der Waals surface area contributed by atoms with E-state index in [2.05, 4.69) is 24.4 Å². The second kappa shape index (κ2) is 5.67. The van der Waals surface area contributed by atoms with Crippen LogP contribution in [0.1, 0.15) is 23.6 Å². The molecule has 0 amide bonds. The molecule has 0 unspecified atom stereocenters. The molecule has 0 bridgehead atoms. The molecule has 94 valence electrons. The molecule has 0 aliphatic carbocycles. The number of hydrogen-bond donors (Lipinski definition) is 1.